The Hall–Kier alpha value is -2.61. The Balaban J connectivity index is 1.61. The molecule has 4 rings (SSSR count). The third-order valence-electron chi connectivity index (χ3n) is 4.91. The van der Waals surface area contributed by atoms with Gasteiger partial charge >= 0.3 is 0 Å². The number of fused-ring (bicyclic) bond motifs is 1. The minimum atomic E-state index is -3.62. The van der Waals surface area contributed by atoms with Crippen LogP contribution in [-0.2, 0) is 14.8 Å². The van der Waals surface area contributed by atoms with Crippen LogP contribution in [0.1, 0.15) is 44.1 Å². The molecule has 142 valence electrons. The zero-order valence-electron chi connectivity index (χ0n) is 15.1. The van der Waals surface area contributed by atoms with E-state index in [1.807, 2.05) is 17.9 Å². The molecule has 2 aromatic rings. The van der Waals surface area contributed by atoms with E-state index in [1.165, 1.54) is 6.07 Å². The molecule has 2 heterocycles. The predicted octanol–water partition coefficient (Wildman–Crippen LogP) is 2.46. The molecule has 1 amide bonds. The molecule has 2 atom stereocenters. The molecular weight excluding hydrogens is 366 g/mol. The summed E-state index contributed by atoms with van der Waals surface area (Å²) in [6.45, 7) is 3.62. The Morgan fingerprint density at radius 3 is 2.63 bits per heavy atom. The van der Waals surface area contributed by atoms with E-state index < -0.39 is 16.1 Å². The number of nitrogens with zero attached hydrogens (tertiary/aromatic N) is 2. The molecule has 0 radical (unpaired) electrons. The van der Waals surface area contributed by atoms with Crippen LogP contribution in [0, 0.1) is 0 Å². The van der Waals surface area contributed by atoms with Gasteiger partial charge < -0.3 is 9.32 Å². The Morgan fingerprint density at radius 1 is 1.22 bits per heavy atom. The molecule has 2 aliphatic rings. The number of nitrogens with one attached hydrogen (secondary N) is 1. The molecule has 1 saturated carbocycles. The molecule has 1 unspecified atom stereocenters. The first-order valence-electron chi connectivity index (χ1n) is 8.94. The third-order valence-corrected chi connectivity index (χ3v) is 6.31. The third kappa shape index (κ3) is 3.25. The van der Waals surface area contributed by atoms with Gasteiger partial charge in [0, 0.05) is 11.6 Å². The van der Waals surface area contributed by atoms with Crippen molar-refractivity contribution in [1.82, 2.24) is 9.62 Å². The standard InChI is InChI=1S/C19H21N3O4S/c1-12(20-18-15-6-3-4-8-17(15)27(24,25)21-18)19(23)22(14-9-10-14)13(2)16-7-5-11-26-16/h3-8,11-14H,9-10H2,1-2H3,(H,20,21)/t12-,13?/m0/s1. The van der Waals surface area contributed by atoms with Crippen LogP contribution in [0.3, 0.4) is 0 Å². The van der Waals surface area contributed by atoms with Crippen LogP contribution in [0.2, 0.25) is 0 Å². The number of amides is 1. The summed E-state index contributed by atoms with van der Waals surface area (Å²) in [7, 11) is -3.62. The Kier molecular flexibility index (Phi) is 4.30. The highest BCUT2D eigenvalue weighted by Gasteiger charge is 2.39. The highest BCUT2D eigenvalue weighted by atomic mass is 32.2. The monoisotopic (exact) mass is 387 g/mol. The highest BCUT2D eigenvalue weighted by Crippen LogP contribution is 2.35. The smallest absolute Gasteiger partial charge is 0.263 e. The van der Waals surface area contributed by atoms with Crippen LogP contribution >= 0.6 is 0 Å². The van der Waals surface area contributed by atoms with Crippen LogP contribution in [0.4, 0.5) is 0 Å². The van der Waals surface area contributed by atoms with E-state index in [-0.39, 0.29) is 28.7 Å². The number of sulfonamides is 1. The average Bonchev–Trinajstić information content (AvgIpc) is 3.24. The lowest BCUT2D eigenvalue weighted by atomic mass is 10.1. The minimum Gasteiger partial charge on any atom is -0.467 e. The number of furan rings is 1. The molecule has 27 heavy (non-hydrogen) atoms. The van der Waals surface area contributed by atoms with Crippen molar-refractivity contribution in [3.63, 3.8) is 0 Å². The van der Waals surface area contributed by atoms with E-state index in [2.05, 4.69) is 9.71 Å². The zero-order chi connectivity index (χ0) is 19.2. The highest BCUT2D eigenvalue weighted by molar-refractivity contribution is 7.90. The fraction of sp³-hybridized carbons (Fsp3) is 0.368. The predicted molar refractivity (Wildman–Crippen MR) is 99.8 cm³/mol. The van der Waals surface area contributed by atoms with Crippen molar-refractivity contribution < 1.29 is 17.6 Å². The van der Waals surface area contributed by atoms with Crippen LogP contribution in [0.25, 0.3) is 0 Å². The summed E-state index contributed by atoms with van der Waals surface area (Å²) in [6, 6.07) is 9.54. The number of carbonyl (C=O) groups excluding carboxylic acids is 1. The zero-order valence-corrected chi connectivity index (χ0v) is 15.9. The second-order valence-corrected chi connectivity index (χ2v) is 8.57. The number of hydrogen-bond donors (Lipinski definition) is 1. The van der Waals surface area contributed by atoms with Crippen LogP contribution in [0.15, 0.2) is 57.0 Å². The fourth-order valence-corrected chi connectivity index (χ4v) is 4.64. The molecule has 8 heteroatoms. The van der Waals surface area contributed by atoms with E-state index in [0.717, 1.165) is 18.6 Å². The van der Waals surface area contributed by atoms with Gasteiger partial charge in [-0.15, -0.1) is 0 Å². The van der Waals surface area contributed by atoms with Crippen molar-refractivity contribution in [2.45, 2.75) is 49.7 Å². The van der Waals surface area contributed by atoms with Gasteiger partial charge in [-0.25, -0.2) is 8.42 Å². The van der Waals surface area contributed by atoms with Crippen LogP contribution in [0.5, 0.6) is 0 Å². The van der Waals surface area contributed by atoms with Gasteiger partial charge in [-0.3, -0.25) is 14.5 Å². The summed E-state index contributed by atoms with van der Waals surface area (Å²) in [5.74, 6) is 0.798. The molecule has 1 aliphatic heterocycles. The number of amidine groups is 1. The topological polar surface area (TPSA) is 92.0 Å². The largest absolute Gasteiger partial charge is 0.467 e. The summed E-state index contributed by atoms with van der Waals surface area (Å²) in [5, 5.41) is 0. The molecule has 1 aliphatic carbocycles. The van der Waals surface area contributed by atoms with Gasteiger partial charge in [0.1, 0.15) is 17.6 Å². The van der Waals surface area contributed by atoms with Gasteiger partial charge in [0.05, 0.1) is 17.2 Å². The van der Waals surface area contributed by atoms with E-state index in [9.17, 15) is 13.2 Å². The molecule has 7 nitrogen and oxygen atoms in total. The summed E-state index contributed by atoms with van der Waals surface area (Å²) in [6.07, 6.45) is 3.50. The van der Waals surface area contributed by atoms with Crippen molar-refractivity contribution in [1.29, 1.82) is 0 Å². The van der Waals surface area contributed by atoms with E-state index in [4.69, 9.17) is 4.42 Å². The summed E-state index contributed by atoms with van der Waals surface area (Å²) in [5.41, 5.74) is 0.495. The lowest BCUT2D eigenvalue weighted by molar-refractivity contribution is -0.135. The maximum absolute atomic E-state index is 13.1. The second-order valence-electron chi connectivity index (χ2n) is 6.92. The first kappa shape index (κ1) is 17.8. The average molecular weight is 387 g/mol. The van der Waals surface area contributed by atoms with Crippen LogP contribution < -0.4 is 4.72 Å². The van der Waals surface area contributed by atoms with Gasteiger partial charge in [0.15, 0.2) is 0 Å². The van der Waals surface area contributed by atoms with Crippen molar-refractivity contribution in [3.05, 3.63) is 54.0 Å². The maximum atomic E-state index is 13.1. The van der Waals surface area contributed by atoms with Crippen molar-refractivity contribution >= 4 is 21.8 Å². The Bertz CT molecular complexity index is 994. The van der Waals surface area contributed by atoms with E-state index >= 15 is 0 Å². The van der Waals surface area contributed by atoms with E-state index in [1.54, 1.807) is 37.5 Å². The molecule has 0 bridgehead atoms. The second kappa shape index (κ2) is 6.53. The number of hydrogen-bond acceptors (Lipinski definition) is 5. The SMILES string of the molecule is CC(c1ccco1)N(C(=O)[C@H](C)N=C1NS(=O)(=O)c2ccccc21)C1CC1. The molecule has 0 spiro atoms. The quantitative estimate of drug-likeness (QED) is 0.853. The molecule has 1 aromatic carbocycles. The van der Waals surface area contributed by atoms with Gasteiger partial charge in [0.25, 0.3) is 10.0 Å². The van der Waals surface area contributed by atoms with Crippen LogP contribution in [-0.4, -0.2) is 37.1 Å². The fourth-order valence-electron chi connectivity index (χ4n) is 3.40. The van der Waals surface area contributed by atoms with Crippen molar-refractivity contribution in [2.75, 3.05) is 0 Å². The Labute approximate surface area is 158 Å². The number of carbonyl (C=O) groups is 1. The van der Waals surface area contributed by atoms with Gasteiger partial charge in [-0.2, -0.15) is 0 Å². The first-order valence-corrected chi connectivity index (χ1v) is 10.4. The van der Waals surface area contributed by atoms with Crippen molar-refractivity contribution in [2.24, 2.45) is 4.99 Å². The number of aliphatic imine (C=N–C) groups is 1. The number of benzene rings is 1. The summed E-state index contributed by atoms with van der Waals surface area (Å²) < 4.78 is 32.4. The molecule has 1 fully saturated rings. The summed E-state index contributed by atoms with van der Waals surface area (Å²) in [4.78, 5) is 19.5. The minimum absolute atomic E-state index is 0.141. The lowest BCUT2D eigenvalue weighted by Crippen LogP contribution is -2.41. The molecule has 1 N–H and O–H groups in total. The summed E-state index contributed by atoms with van der Waals surface area (Å²) >= 11 is 0. The van der Waals surface area contributed by atoms with Crippen molar-refractivity contribution in [3.8, 4) is 0 Å². The molecule has 0 saturated heterocycles. The maximum Gasteiger partial charge on any atom is 0.263 e. The Morgan fingerprint density at radius 2 is 1.96 bits per heavy atom. The van der Waals surface area contributed by atoms with Gasteiger partial charge in [-0.1, -0.05) is 12.1 Å². The molecule has 1 aromatic heterocycles. The number of rotatable bonds is 5. The normalized spacial score (nSPS) is 21.3. The lowest BCUT2D eigenvalue weighted by Gasteiger charge is -2.29. The molecular formula is C19H21N3O4S. The first-order chi connectivity index (χ1) is 12.9. The van der Waals surface area contributed by atoms with Gasteiger partial charge in [0.2, 0.25) is 5.91 Å². The van der Waals surface area contributed by atoms with E-state index in [0.29, 0.717) is 5.56 Å². The van der Waals surface area contributed by atoms with Gasteiger partial charge in [-0.05, 0) is 51.0 Å².